The number of aromatic nitrogens is 1. The minimum absolute atomic E-state index is 0.106. The van der Waals surface area contributed by atoms with E-state index >= 15 is 0 Å². The van der Waals surface area contributed by atoms with Gasteiger partial charge in [-0.1, -0.05) is 30.3 Å². The van der Waals surface area contributed by atoms with Gasteiger partial charge in [0.05, 0.1) is 10.5 Å². The van der Waals surface area contributed by atoms with Crippen molar-refractivity contribution in [3.63, 3.8) is 0 Å². The summed E-state index contributed by atoms with van der Waals surface area (Å²) in [6.07, 6.45) is 8.28. The normalized spacial score (nSPS) is 20.5. The molecule has 5 heteroatoms. The van der Waals surface area contributed by atoms with Gasteiger partial charge in [0, 0.05) is 25.3 Å². The van der Waals surface area contributed by atoms with E-state index in [2.05, 4.69) is 40.2 Å². The Balaban J connectivity index is 1.62. The quantitative estimate of drug-likeness (QED) is 0.634. The molecule has 24 heavy (non-hydrogen) atoms. The molecule has 2 aromatic rings. The minimum atomic E-state index is -0.335. The van der Waals surface area contributed by atoms with E-state index in [1.165, 1.54) is 17.3 Å². The molecule has 2 heterocycles. The summed E-state index contributed by atoms with van der Waals surface area (Å²) in [7, 11) is 0. The Morgan fingerprint density at radius 3 is 2.62 bits per heavy atom. The molecule has 0 saturated carbocycles. The number of nitrogens with zero attached hydrogens (tertiary/aromatic N) is 3. The lowest BCUT2D eigenvalue weighted by Gasteiger charge is -2.29. The van der Waals surface area contributed by atoms with Crippen molar-refractivity contribution in [1.82, 2.24) is 9.88 Å². The molecule has 1 unspecified atom stereocenters. The smallest absolute Gasteiger partial charge is 0.288 e. The van der Waals surface area contributed by atoms with Gasteiger partial charge in [0.1, 0.15) is 6.20 Å². The summed E-state index contributed by atoms with van der Waals surface area (Å²) in [5, 5.41) is 11.3. The van der Waals surface area contributed by atoms with Gasteiger partial charge in [0.15, 0.2) is 0 Å². The fourth-order valence-electron chi connectivity index (χ4n) is 3.81. The fourth-order valence-corrected chi connectivity index (χ4v) is 3.81. The molecule has 0 spiro atoms. The number of benzene rings is 1. The van der Waals surface area contributed by atoms with E-state index in [1.54, 1.807) is 12.3 Å². The van der Waals surface area contributed by atoms with Crippen molar-refractivity contribution in [2.45, 2.75) is 38.4 Å². The molecule has 0 fully saturated rings. The third-order valence-corrected chi connectivity index (χ3v) is 5.02. The van der Waals surface area contributed by atoms with Gasteiger partial charge in [0.25, 0.3) is 5.69 Å². The van der Waals surface area contributed by atoms with Crippen LogP contribution in [0.5, 0.6) is 0 Å². The second-order valence-electron chi connectivity index (χ2n) is 6.48. The number of nitro groups is 1. The zero-order valence-electron chi connectivity index (χ0n) is 13.4. The van der Waals surface area contributed by atoms with Gasteiger partial charge in [-0.05, 0) is 42.0 Å². The lowest BCUT2D eigenvalue weighted by Crippen LogP contribution is -2.30. The van der Waals surface area contributed by atoms with E-state index in [4.69, 9.17) is 0 Å². The van der Waals surface area contributed by atoms with Gasteiger partial charge in [-0.3, -0.25) is 20.0 Å². The molecule has 4 rings (SSSR count). The molecule has 2 aliphatic rings. The molecule has 122 valence electrons. The van der Waals surface area contributed by atoms with Crippen LogP contribution in [0.1, 0.15) is 36.0 Å². The maximum Gasteiger partial charge on any atom is 0.294 e. The van der Waals surface area contributed by atoms with Crippen molar-refractivity contribution < 1.29 is 4.92 Å². The summed E-state index contributed by atoms with van der Waals surface area (Å²) >= 11 is 0. The van der Waals surface area contributed by atoms with E-state index in [1.807, 2.05) is 0 Å². The Bertz CT molecular complexity index is 791. The second kappa shape index (κ2) is 6.17. The van der Waals surface area contributed by atoms with Gasteiger partial charge in [-0.25, -0.2) is 0 Å². The van der Waals surface area contributed by atoms with Crippen molar-refractivity contribution in [1.29, 1.82) is 0 Å². The topological polar surface area (TPSA) is 59.3 Å². The van der Waals surface area contributed by atoms with Gasteiger partial charge < -0.3 is 0 Å². The Morgan fingerprint density at radius 1 is 1.17 bits per heavy atom. The number of hydrogen-bond donors (Lipinski definition) is 0. The van der Waals surface area contributed by atoms with Crippen LogP contribution in [0.3, 0.4) is 0 Å². The summed E-state index contributed by atoms with van der Waals surface area (Å²) < 4.78 is 0. The van der Waals surface area contributed by atoms with Gasteiger partial charge in [-0.2, -0.15) is 0 Å². The average Bonchev–Trinajstić information content (AvgIpc) is 3.06. The molecule has 0 saturated heterocycles. The fraction of sp³-hybridized carbons (Fsp3) is 0.316. The molecule has 0 N–H and O–H groups in total. The first kappa shape index (κ1) is 15.0. The molecule has 5 nitrogen and oxygen atoms in total. The van der Waals surface area contributed by atoms with E-state index in [0.717, 1.165) is 43.5 Å². The van der Waals surface area contributed by atoms with Crippen LogP contribution in [0.2, 0.25) is 0 Å². The molecule has 1 aromatic carbocycles. The van der Waals surface area contributed by atoms with Crippen LogP contribution >= 0.6 is 0 Å². The summed E-state index contributed by atoms with van der Waals surface area (Å²) in [5.41, 5.74) is 4.70. The zero-order valence-corrected chi connectivity index (χ0v) is 13.4. The number of rotatable bonds is 3. The predicted octanol–water partition coefficient (Wildman–Crippen LogP) is 3.94. The van der Waals surface area contributed by atoms with Gasteiger partial charge in [0.2, 0.25) is 0 Å². The minimum Gasteiger partial charge on any atom is -0.288 e. The lowest BCUT2D eigenvalue weighted by atomic mass is 9.90. The van der Waals surface area contributed by atoms with Crippen molar-refractivity contribution in [3.05, 3.63) is 75.6 Å². The molecule has 0 bridgehead atoms. The van der Waals surface area contributed by atoms with Crippen molar-refractivity contribution in [2.75, 3.05) is 0 Å². The van der Waals surface area contributed by atoms with E-state index in [0.29, 0.717) is 6.04 Å². The molecule has 0 radical (unpaired) electrons. The Labute approximate surface area is 140 Å². The third-order valence-electron chi connectivity index (χ3n) is 5.02. The summed E-state index contributed by atoms with van der Waals surface area (Å²) in [6, 6.07) is 10.7. The summed E-state index contributed by atoms with van der Waals surface area (Å²) in [4.78, 5) is 17.3. The largest absolute Gasteiger partial charge is 0.294 e. The first-order valence-electron chi connectivity index (χ1n) is 8.32. The second-order valence-corrected chi connectivity index (χ2v) is 6.48. The summed E-state index contributed by atoms with van der Waals surface area (Å²) in [6.45, 7) is 1.92. The van der Waals surface area contributed by atoms with Crippen molar-refractivity contribution in [2.24, 2.45) is 0 Å². The third kappa shape index (κ3) is 2.71. The SMILES string of the molecule is O=[N+]([O-])c1cnccc1C1=CC(N2Cc3ccccc3C2)CCC1. The predicted molar refractivity (Wildman–Crippen MR) is 92.2 cm³/mol. The van der Waals surface area contributed by atoms with E-state index in [9.17, 15) is 10.1 Å². The Kier molecular flexibility index (Phi) is 3.86. The lowest BCUT2D eigenvalue weighted by molar-refractivity contribution is -0.385. The summed E-state index contributed by atoms with van der Waals surface area (Å²) in [5.74, 6) is 0. The van der Waals surface area contributed by atoms with Gasteiger partial charge >= 0.3 is 0 Å². The van der Waals surface area contributed by atoms with Crippen LogP contribution in [0.25, 0.3) is 5.57 Å². The molecule has 1 atom stereocenters. The Hall–Kier alpha value is -2.53. The Morgan fingerprint density at radius 2 is 1.92 bits per heavy atom. The average molecular weight is 321 g/mol. The number of allylic oxidation sites excluding steroid dienone is 1. The number of hydrogen-bond acceptors (Lipinski definition) is 4. The standard InChI is InChI=1S/C19H19N3O2/c23-22(24)19-11-20-9-8-18(19)14-6-3-7-17(10-14)21-12-15-4-1-2-5-16(15)13-21/h1-2,4-5,8-11,17H,3,6-7,12-13H2. The molecular weight excluding hydrogens is 302 g/mol. The zero-order chi connectivity index (χ0) is 16.5. The highest BCUT2D eigenvalue weighted by Gasteiger charge is 2.28. The highest BCUT2D eigenvalue weighted by Crippen LogP contribution is 2.35. The maximum absolute atomic E-state index is 11.3. The van der Waals surface area contributed by atoms with E-state index < -0.39 is 0 Å². The number of pyridine rings is 1. The highest BCUT2D eigenvalue weighted by atomic mass is 16.6. The molecular formula is C19H19N3O2. The highest BCUT2D eigenvalue weighted by molar-refractivity contribution is 5.73. The molecule has 1 aliphatic heterocycles. The monoisotopic (exact) mass is 321 g/mol. The van der Waals surface area contributed by atoms with Crippen molar-refractivity contribution >= 4 is 11.3 Å². The first-order chi connectivity index (χ1) is 11.7. The first-order valence-corrected chi connectivity index (χ1v) is 8.32. The molecule has 1 aromatic heterocycles. The van der Waals surface area contributed by atoms with Crippen LogP contribution < -0.4 is 0 Å². The number of fused-ring (bicyclic) bond motifs is 1. The van der Waals surface area contributed by atoms with E-state index in [-0.39, 0.29) is 10.6 Å². The van der Waals surface area contributed by atoms with Crippen LogP contribution in [-0.2, 0) is 13.1 Å². The van der Waals surface area contributed by atoms with Crippen molar-refractivity contribution in [3.8, 4) is 0 Å². The maximum atomic E-state index is 11.3. The van der Waals surface area contributed by atoms with Crippen LogP contribution in [-0.4, -0.2) is 20.8 Å². The molecule has 1 aliphatic carbocycles. The van der Waals surface area contributed by atoms with Crippen LogP contribution in [0.4, 0.5) is 5.69 Å². The molecule has 0 amide bonds. The van der Waals surface area contributed by atoms with Crippen LogP contribution in [0, 0.1) is 10.1 Å². The van der Waals surface area contributed by atoms with Gasteiger partial charge in [-0.15, -0.1) is 0 Å². The van der Waals surface area contributed by atoms with Crippen LogP contribution in [0.15, 0.2) is 48.8 Å².